The monoisotopic (exact) mass is 312 g/mol. The molecule has 2 heterocycles. The molecular formula is C16H14N3O2S+. The topological polar surface area (TPSA) is 54.4 Å². The van der Waals surface area contributed by atoms with Crippen LogP contribution in [-0.2, 0) is 0 Å². The molecular weight excluding hydrogens is 298 g/mol. The van der Waals surface area contributed by atoms with Gasteiger partial charge in [0.1, 0.15) is 5.71 Å². The zero-order chi connectivity index (χ0) is 15.3. The van der Waals surface area contributed by atoms with Crippen molar-refractivity contribution in [2.75, 3.05) is 5.88 Å². The van der Waals surface area contributed by atoms with Gasteiger partial charge in [0.25, 0.3) is 5.88 Å². The van der Waals surface area contributed by atoms with Crippen LogP contribution in [0.25, 0.3) is 5.70 Å². The highest BCUT2D eigenvalue weighted by Crippen LogP contribution is 2.49. The Morgan fingerprint density at radius 2 is 2.09 bits per heavy atom. The van der Waals surface area contributed by atoms with Crippen LogP contribution in [0.3, 0.4) is 0 Å². The van der Waals surface area contributed by atoms with Crippen LogP contribution in [0, 0.1) is 10.3 Å². The van der Waals surface area contributed by atoms with E-state index in [1.165, 1.54) is 17.3 Å². The van der Waals surface area contributed by atoms with E-state index in [-0.39, 0.29) is 10.8 Å². The predicted octanol–water partition coefficient (Wildman–Crippen LogP) is 2.76. The molecule has 0 spiro atoms. The quantitative estimate of drug-likeness (QED) is 0.749. The lowest BCUT2D eigenvalue weighted by atomic mass is 9.76. The molecule has 3 aliphatic rings. The highest BCUT2D eigenvalue weighted by atomic mass is 32.2. The molecule has 1 aromatic heterocycles. The van der Waals surface area contributed by atoms with Crippen LogP contribution < -0.4 is 5.43 Å². The molecule has 2 aliphatic carbocycles. The lowest BCUT2D eigenvalue weighted by molar-refractivity contribution is -0.535. The first kappa shape index (κ1) is 13.5. The van der Waals surface area contributed by atoms with Crippen LogP contribution >= 0.6 is 11.8 Å². The van der Waals surface area contributed by atoms with Gasteiger partial charge in [-0.1, -0.05) is 6.08 Å². The molecule has 0 aromatic carbocycles. The summed E-state index contributed by atoms with van der Waals surface area (Å²) in [5, 5.41) is 4.20. The summed E-state index contributed by atoms with van der Waals surface area (Å²) in [5.74, 6) is 0.346. The van der Waals surface area contributed by atoms with E-state index in [0.29, 0.717) is 5.88 Å². The normalized spacial score (nSPS) is 26.5. The molecule has 6 heteroatoms. The number of nitroso groups, excluding NO2 is 1. The Kier molecular flexibility index (Phi) is 2.84. The molecule has 1 aromatic rings. The van der Waals surface area contributed by atoms with Crippen molar-refractivity contribution in [3.05, 3.63) is 68.4 Å². The van der Waals surface area contributed by atoms with E-state index in [4.69, 9.17) is 0 Å². The van der Waals surface area contributed by atoms with Crippen LogP contribution in [0.1, 0.15) is 13.3 Å². The molecule has 0 bridgehead atoms. The van der Waals surface area contributed by atoms with Gasteiger partial charge in [-0.3, -0.25) is 4.79 Å². The van der Waals surface area contributed by atoms with Gasteiger partial charge in [-0.25, -0.2) is 0 Å². The molecule has 0 N–H and O–H groups in total. The number of hydrogen-bond acceptors (Lipinski definition) is 3. The number of hydrogen-bond donors (Lipinski definition) is 0. The fourth-order valence-electron chi connectivity index (χ4n) is 3.02. The number of fused-ring (bicyclic) bond motifs is 3. The van der Waals surface area contributed by atoms with Crippen molar-refractivity contribution in [2.24, 2.45) is 10.5 Å². The summed E-state index contributed by atoms with van der Waals surface area (Å²) < 4.78 is 1.93. The van der Waals surface area contributed by atoms with Gasteiger partial charge in [0.15, 0.2) is 10.3 Å². The van der Waals surface area contributed by atoms with Crippen LogP contribution in [0.15, 0.2) is 63.1 Å². The molecule has 1 unspecified atom stereocenters. The molecule has 5 nitrogen and oxygen atoms in total. The van der Waals surface area contributed by atoms with Crippen LogP contribution in [-0.4, -0.2) is 21.0 Å². The van der Waals surface area contributed by atoms with E-state index >= 15 is 0 Å². The second-order valence-corrected chi connectivity index (χ2v) is 6.78. The van der Waals surface area contributed by atoms with Gasteiger partial charge in [0.2, 0.25) is 0 Å². The molecule has 0 saturated heterocycles. The molecule has 0 fully saturated rings. The van der Waals surface area contributed by atoms with Crippen molar-refractivity contribution < 1.29 is 4.87 Å². The number of thioether (sulfide) groups is 1. The third-order valence-corrected chi connectivity index (χ3v) is 5.31. The number of hydrazone groups is 1. The molecule has 0 saturated carbocycles. The van der Waals surface area contributed by atoms with Gasteiger partial charge in [0, 0.05) is 45.6 Å². The Balaban J connectivity index is 1.77. The first-order valence-corrected chi connectivity index (χ1v) is 8.04. The summed E-state index contributed by atoms with van der Waals surface area (Å²) in [6.07, 6.45) is 10.7. The van der Waals surface area contributed by atoms with E-state index in [2.05, 4.69) is 30.3 Å². The van der Waals surface area contributed by atoms with Crippen LogP contribution in [0.2, 0.25) is 0 Å². The molecule has 1 aliphatic heterocycles. The molecule has 1 atom stereocenters. The molecule has 0 radical (unpaired) electrons. The molecule has 0 amide bonds. The van der Waals surface area contributed by atoms with E-state index in [9.17, 15) is 9.70 Å². The van der Waals surface area contributed by atoms with E-state index in [0.717, 1.165) is 27.6 Å². The van der Waals surface area contributed by atoms with Crippen molar-refractivity contribution in [3.63, 3.8) is 0 Å². The maximum absolute atomic E-state index is 11.6. The minimum Gasteiger partial charge on any atom is -0.324 e. The fraction of sp³-hybridized carbons (Fsp3) is 0.250. The van der Waals surface area contributed by atoms with Gasteiger partial charge < -0.3 is 4.57 Å². The zero-order valence-corrected chi connectivity index (χ0v) is 12.8. The summed E-state index contributed by atoms with van der Waals surface area (Å²) >= 11 is 1.54. The fourth-order valence-corrected chi connectivity index (χ4v) is 3.94. The number of pyridine rings is 1. The Morgan fingerprint density at radius 3 is 2.86 bits per heavy atom. The van der Waals surface area contributed by atoms with E-state index in [1.807, 2.05) is 4.57 Å². The highest BCUT2D eigenvalue weighted by molar-refractivity contribution is 8.03. The van der Waals surface area contributed by atoms with Gasteiger partial charge in [-0.15, -0.1) is 0 Å². The minimum absolute atomic E-state index is 0.000415. The van der Waals surface area contributed by atoms with E-state index < -0.39 is 0 Å². The Morgan fingerprint density at radius 1 is 1.32 bits per heavy atom. The number of nitrogens with zero attached hydrogens (tertiary/aromatic N) is 3. The van der Waals surface area contributed by atoms with Crippen molar-refractivity contribution in [1.29, 1.82) is 0 Å². The van der Waals surface area contributed by atoms with E-state index in [1.54, 1.807) is 24.5 Å². The summed E-state index contributed by atoms with van der Waals surface area (Å²) in [4.78, 5) is 24.6. The van der Waals surface area contributed by atoms with Crippen molar-refractivity contribution in [3.8, 4) is 0 Å². The van der Waals surface area contributed by atoms with Gasteiger partial charge >= 0.3 is 0 Å². The Hall–Kier alpha value is -2.21. The highest BCUT2D eigenvalue weighted by Gasteiger charge is 2.46. The average molecular weight is 312 g/mol. The Bertz CT molecular complexity index is 855. The summed E-state index contributed by atoms with van der Waals surface area (Å²) in [6, 6.07) is 3.10. The van der Waals surface area contributed by atoms with Gasteiger partial charge in [-0.2, -0.15) is 0 Å². The second-order valence-electron chi connectivity index (χ2n) is 5.79. The number of allylic oxidation sites excluding steroid dienone is 6. The average Bonchev–Trinajstić information content (AvgIpc) is 2.80. The smallest absolute Gasteiger partial charge is 0.278 e. The molecule has 4 rings (SSSR count). The zero-order valence-electron chi connectivity index (χ0n) is 12.0. The minimum atomic E-state index is -0.228. The summed E-state index contributed by atoms with van der Waals surface area (Å²) in [7, 11) is 0. The molecule has 110 valence electrons. The first-order chi connectivity index (χ1) is 10.6. The number of rotatable bonds is 1. The SMILES string of the molecule is CC12CC=C(n3ccc(=O)cc3)C=C1C=C1SC[N+](=O)N=C12. The lowest BCUT2D eigenvalue weighted by Crippen LogP contribution is -2.30. The van der Waals surface area contributed by atoms with Gasteiger partial charge in [-0.05, 0) is 42.8 Å². The van der Waals surface area contributed by atoms with Gasteiger partial charge in [0.05, 0.1) is 4.91 Å². The van der Waals surface area contributed by atoms with Crippen molar-refractivity contribution >= 4 is 23.2 Å². The predicted molar refractivity (Wildman–Crippen MR) is 87.4 cm³/mol. The second kappa shape index (κ2) is 4.64. The Labute approximate surface area is 131 Å². The molecule has 22 heavy (non-hydrogen) atoms. The largest absolute Gasteiger partial charge is 0.324 e. The van der Waals surface area contributed by atoms with Crippen molar-refractivity contribution in [2.45, 2.75) is 13.3 Å². The van der Waals surface area contributed by atoms with Crippen LogP contribution in [0.5, 0.6) is 0 Å². The number of aromatic nitrogens is 1. The standard InChI is InChI=1S/C16H14N3O2S/c1-16-5-2-12(18-6-3-13(20)4-7-18)8-11(16)9-14-15(16)17-19(21)10-22-14/h2-4,6-9H,5,10H2,1H3/q+1. The first-order valence-electron chi connectivity index (χ1n) is 7.06. The maximum Gasteiger partial charge on any atom is 0.278 e. The lowest BCUT2D eigenvalue weighted by Gasteiger charge is -2.29. The third kappa shape index (κ3) is 1.94. The summed E-state index contributed by atoms with van der Waals surface area (Å²) in [6.45, 7) is 2.12. The van der Waals surface area contributed by atoms with Crippen molar-refractivity contribution in [1.82, 2.24) is 4.57 Å². The van der Waals surface area contributed by atoms with Crippen LogP contribution in [0.4, 0.5) is 0 Å². The maximum atomic E-state index is 11.6. The third-order valence-electron chi connectivity index (χ3n) is 4.34. The summed E-state index contributed by atoms with van der Waals surface area (Å²) in [5.41, 5.74) is 2.85.